The van der Waals surface area contributed by atoms with Crippen LogP contribution in [0.4, 0.5) is 5.95 Å². The van der Waals surface area contributed by atoms with Crippen molar-refractivity contribution in [1.29, 1.82) is 0 Å². The third kappa shape index (κ3) is 5.04. The fraction of sp³-hybridized carbons (Fsp3) is 0.414. The van der Waals surface area contributed by atoms with E-state index in [4.69, 9.17) is 5.10 Å². The van der Waals surface area contributed by atoms with E-state index >= 15 is 0 Å². The summed E-state index contributed by atoms with van der Waals surface area (Å²) >= 11 is 0. The SMILES string of the molecule is Cc1cc(C)c(CNC(=O)c2cc(-c3cnc(N4CCNCC4)nc3)cc3c2cnn3C2CCCC2)c(=O)[nH]1. The number of hydrogen-bond donors (Lipinski definition) is 3. The highest BCUT2D eigenvalue weighted by atomic mass is 16.1. The molecule has 6 rings (SSSR count). The van der Waals surface area contributed by atoms with Gasteiger partial charge < -0.3 is 20.5 Å². The van der Waals surface area contributed by atoms with Gasteiger partial charge in [-0.1, -0.05) is 12.8 Å². The Morgan fingerprint density at radius 3 is 2.49 bits per heavy atom. The molecule has 1 amide bonds. The Kier molecular flexibility index (Phi) is 6.86. The molecule has 1 saturated carbocycles. The average Bonchev–Trinajstić information content (AvgIpc) is 3.62. The lowest BCUT2D eigenvalue weighted by molar-refractivity contribution is 0.0952. The van der Waals surface area contributed by atoms with Gasteiger partial charge in [-0.05, 0) is 56.0 Å². The van der Waals surface area contributed by atoms with Crippen molar-refractivity contribution in [2.24, 2.45) is 0 Å². The number of aromatic nitrogens is 5. The van der Waals surface area contributed by atoms with E-state index in [1.54, 1.807) is 6.20 Å². The van der Waals surface area contributed by atoms with Crippen molar-refractivity contribution in [1.82, 2.24) is 35.4 Å². The van der Waals surface area contributed by atoms with Crippen LogP contribution in [-0.4, -0.2) is 56.8 Å². The molecule has 1 saturated heterocycles. The third-order valence-corrected chi connectivity index (χ3v) is 7.92. The number of nitrogens with zero attached hydrogens (tertiary/aromatic N) is 5. The molecule has 202 valence electrons. The molecule has 4 aromatic rings. The fourth-order valence-corrected chi connectivity index (χ4v) is 5.80. The summed E-state index contributed by atoms with van der Waals surface area (Å²) in [5.41, 5.74) is 5.19. The van der Waals surface area contributed by atoms with Gasteiger partial charge in [0.1, 0.15) is 0 Å². The molecule has 4 heterocycles. The predicted molar refractivity (Wildman–Crippen MR) is 151 cm³/mol. The Morgan fingerprint density at radius 1 is 1.03 bits per heavy atom. The number of rotatable bonds is 6. The number of anilines is 1. The summed E-state index contributed by atoms with van der Waals surface area (Å²) in [5.74, 6) is 0.472. The molecule has 0 spiro atoms. The first-order valence-corrected chi connectivity index (χ1v) is 13.7. The van der Waals surface area contributed by atoms with E-state index in [9.17, 15) is 9.59 Å². The van der Waals surface area contributed by atoms with Gasteiger partial charge in [0.25, 0.3) is 11.5 Å². The molecule has 0 unspecified atom stereocenters. The summed E-state index contributed by atoms with van der Waals surface area (Å²) in [6.07, 6.45) is 9.99. The zero-order valence-corrected chi connectivity index (χ0v) is 22.5. The van der Waals surface area contributed by atoms with Gasteiger partial charge in [0.15, 0.2) is 0 Å². The van der Waals surface area contributed by atoms with Crippen molar-refractivity contribution in [2.45, 2.75) is 52.1 Å². The van der Waals surface area contributed by atoms with Gasteiger partial charge in [-0.15, -0.1) is 0 Å². The van der Waals surface area contributed by atoms with E-state index in [1.165, 1.54) is 12.8 Å². The maximum absolute atomic E-state index is 13.6. The molecule has 10 heteroatoms. The summed E-state index contributed by atoms with van der Waals surface area (Å²) in [7, 11) is 0. The molecular formula is C29H34N8O2. The summed E-state index contributed by atoms with van der Waals surface area (Å²) in [6.45, 7) is 7.46. The van der Waals surface area contributed by atoms with Crippen LogP contribution in [0.2, 0.25) is 0 Å². The number of aryl methyl sites for hydroxylation is 2. The Morgan fingerprint density at radius 2 is 1.77 bits per heavy atom. The number of benzene rings is 1. The second kappa shape index (κ2) is 10.6. The van der Waals surface area contributed by atoms with E-state index in [1.807, 2.05) is 38.4 Å². The van der Waals surface area contributed by atoms with Crippen LogP contribution in [0.3, 0.4) is 0 Å². The molecule has 1 aliphatic carbocycles. The monoisotopic (exact) mass is 526 g/mol. The number of carbonyl (C=O) groups is 1. The number of fused-ring (bicyclic) bond motifs is 1. The number of aromatic amines is 1. The van der Waals surface area contributed by atoms with Crippen LogP contribution in [0.5, 0.6) is 0 Å². The first-order chi connectivity index (χ1) is 19.0. The lowest BCUT2D eigenvalue weighted by Gasteiger charge is -2.27. The minimum Gasteiger partial charge on any atom is -0.348 e. The molecule has 10 nitrogen and oxygen atoms in total. The molecule has 0 atom stereocenters. The van der Waals surface area contributed by atoms with Gasteiger partial charge in [0, 0.05) is 67.3 Å². The minimum absolute atomic E-state index is 0.144. The molecular weight excluding hydrogens is 492 g/mol. The number of carbonyl (C=O) groups excluding carboxylic acids is 1. The van der Waals surface area contributed by atoms with Crippen LogP contribution in [-0.2, 0) is 6.54 Å². The van der Waals surface area contributed by atoms with Crippen molar-refractivity contribution in [3.63, 3.8) is 0 Å². The van der Waals surface area contributed by atoms with Gasteiger partial charge in [-0.3, -0.25) is 14.3 Å². The van der Waals surface area contributed by atoms with Crippen LogP contribution in [0, 0.1) is 13.8 Å². The summed E-state index contributed by atoms with van der Waals surface area (Å²) in [4.78, 5) is 40.4. The Bertz CT molecular complexity index is 1560. The van der Waals surface area contributed by atoms with Crippen molar-refractivity contribution in [3.05, 3.63) is 69.5 Å². The van der Waals surface area contributed by atoms with Crippen molar-refractivity contribution in [3.8, 4) is 11.1 Å². The Hall–Kier alpha value is -4.05. The molecule has 2 fully saturated rings. The van der Waals surface area contributed by atoms with Crippen molar-refractivity contribution >= 4 is 22.8 Å². The maximum Gasteiger partial charge on any atom is 0.253 e. The highest BCUT2D eigenvalue weighted by Crippen LogP contribution is 2.34. The second-order valence-corrected chi connectivity index (χ2v) is 10.6. The largest absolute Gasteiger partial charge is 0.348 e. The molecule has 3 N–H and O–H groups in total. The number of H-pyrrole nitrogens is 1. The van der Waals surface area contributed by atoms with E-state index < -0.39 is 0 Å². The second-order valence-electron chi connectivity index (χ2n) is 10.6. The van der Waals surface area contributed by atoms with Gasteiger partial charge in [-0.2, -0.15) is 5.10 Å². The minimum atomic E-state index is -0.245. The summed E-state index contributed by atoms with van der Waals surface area (Å²) < 4.78 is 2.08. The normalized spacial score (nSPS) is 16.2. The number of amides is 1. The maximum atomic E-state index is 13.6. The standard InChI is InChI=1S/C29H34N8O2/c1-18-11-19(2)35-28(39)24(18)16-31-27(38)23-12-20(13-26-25(23)17-34-37(26)22-5-3-4-6-22)21-14-32-29(33-15-21)36-9-7-30-8-10-36/h11-15,17,22,30H,3-10,16H2,1-2H3,(H,31,38)(H,35,39). The number of pyridine rings is 1. The van der Waals surface area contributed by atoms with Crippen LogP contribution < -0.4 is 21.1 Å². The topological polar surface area (TPSA) is 121 Å². The number of hydrogen-bond acceptors (Lipinski definition) is 7. The van der Waals surface area contributed by atoms with E-state index in [0.29, 0.717) is 23.1 Å². The fourth-order valence-electron chi connectivity index (χ4n) is 5.80. The lowest BCUT2D eigenvalue weighted by Crippen LogP contribution is -2.44. The number of nitrogens with one attached hydrogen (secondary N) is 3. The Balaban J connectivity index is 1.36. The lowest BCUT2D eigenvalue weighted by atomic mass is 10.0. The van der Waals surface area contributed by atoms with Crippen LogP contribution in [0.15, 0.2) is 41.6 Å². The van der Waals surface area contributed by atoms with E-state index in [2.05, 4.69) is 41.2 Å². The molecule has 1 aliphatic heterocycles. The van der Waals surface area contributed by atoms with Crippen LogP contribution >= 0.6 is 0 Å². The zero-order valence-electron chi connectivity index (χ0n) is 22.5. The highest BCUT2D eigenvalue weighted by molar-refractivity contribution is 6.08. The molecule has 2 aliphatic rings. The predicted octanol–water partition coefficient (Wildman–Crippen LogP) is 3.25. The third-order valence-electron chi connectivity index (χ3n) is 7.92. The highest BCUT2D eigenvalue weighted by Gasteiger charge is 2.23. The van der Waals surface area contributed by atoms with Gasteiger partial charge in [-0.25, -0.2) is 9.97 Å². The zero-order chi connectivity index (χ0) is 26.9. The molecule has 39 heavy (non-hydrogen) atoms. The van der Waals surface area contributed by atoms with Gasteiger partial charge >= 0.3 is 0 Å². The molecule has 3 aromatic heterocycles. The summed E-state index contributed by atoms with van der Waals surface area (Å²) in [6, 6.07) is 6.22. The van der Waals surface area contributed by atoms with E-state index in [-0.39, 0.29) is 18.0 Å². The quantitative estimate of drug-likeness (QED) is 0.353. The first-order valence-electron chi connectivity index (χ1n) is 13.7. The smallest absolute Gasteiger partial charge is 0.253 e. The van der Waals surface area contributed by atoms with Gasteiger partial charge in [0.2, 0.25) is 5.95 Å². The van der Waals surface area contributed by atoms with Crippen LogP contribution in [0.1, 0.15) is 58.9 Å². The summed E-state index contributed by atoms with van der Waals surface area (Å²) in [5, 5.41) is 11.9. The van der Waals surface area contributed by atoms with Crippen LogP contribution in [0.25, 0.3) is 22.0 Å². The molecule has 0 bridgehead atoms. The van der Waals surface area contributed by atoms with Crippen molar-refractivity contribution in [2.75, 3.05) is 31.1 Å². The van der Waals surface area contributed by atoms with Crippen molar-refractivity contribution < 1.29 is 4.79 Å². The first kappa shape index (κ1) is 25.2. The van der Waals surface area contributed by atoms with Gasteiger partial charge in [0.05, 0.1) is 23.3 Å². The Labute approximate surface area is 226 Å². The average molecular weight is 527 g/mol. The number of piperazine rings is 1. The molecule has 0 radical (unpaired) electrons. The van der Waals surface area contributed by atoms with E-state index in [0.717, 1.165) is 72.3 Å². The molecule has 1 aromatic carbocycles.